The average Bonchev–Trinajstić information content (AvgIpc) is 2.73. The number of carbonyl (C=O) groups excluding carboxylic acids is 1. The molecule has 1 aliphatic rings. The number of aliphatic hydroxyl groups is 1. The lowest BCUT2D eigenvalue weighted by Crippen LogP contribution is -2.45. The minimum Gasteiger partial charge on any atom is -0.477 e. The second-order valence-corrected chi connectivity index (χ2v) is 5.26. The van der Waals surface area contributed by atoms with Crippen LogP contribution in [0, 0.1) is 13.8 Å². The van der Waals surface area contributed by atoms with Gasteiger partial charge in [-0.1, -0.05) is 0 Å². The zero-order chi connectivity index (χ0) is 14.9. The summed E-state index contributed by atoms with van der Waals surface area (Å²) in [5.74, 6) is -1.26. The molecule has 1 saturated heterocycles. The molecule has 1 unspecified atom stereocenters. The van der Waals surface area contributed by atoms with Gasteiger partial charge in [0.05, 0.1) is 18.2 Å². The highest BCUT2D eigenvalue weighted by Gasteiger charge is 2.30. The number of carbonyl (C=O) groups is 2. The maximum atomic E-state index is 12.6. The second-order valence-electron chi connectivity index (χ2n) is 5.26. The normalized spacial score (nSPS) is 19.1. The summed E-state index contributed by atoms with van der Waals surface area (Å²) in [6.07, 6.45) is 2.70. The van der Waals surface area contributed by atoms with Crippen molar-refractivity contribution in [2.24, 2.45) is 0 Å². The molecule has 2 rings (SSSR count). The highest BCUT2D eigenvalue weighted by Crippen LogP contribution is 2.24. The van der Waals surface area contributed by atoms with Crippen LogP contribution in [0.15, 0.2) is 0 Å². The van der Waals surface area contributed by atoms with Crippen molar-refractivity contribution in [3.63, 3.8) is 0 Å². The number of piperidine rings is 1. The van der Waals surface area contributed by atoms with E-state index >= 15 is 0 Å². The molecular weight excluding hydrogens is 260 g/mol. The number of nitrogens with one attached hydrogen (secondary N) is 1. The van der Waals surface area contributed by atoms with Gasteiger partial charge in [0, 0.05) is 12.2 Å². The largest absolute Gasteiger partial charge is 0.477 e. The molecule has 1 aromatic rings. The van der Waals surface area contributed by atoms with Gasteiger partial charge in [-0.15, -0.1) is 0 Å². The molecule has 1 aromatic heterocycles. The molecule has 1 aliphatic heterocycles. The summed E-state index contributed by atoms with van der Waals surface area (Å²) < 4.78 is 0. The van der Waals surface area contributed by atoms with Gasteiger partial charge in [0.1, 0.15) is 5.69 Å². The van der Waals surface area contributed by atoms with Crippen LogP contribution in [0.2, 0.25) is 0 Å². The van der Waals surface area contributed by atoms with Crippen molar-refractivity contribution in [3.8, 4) is 0 Å². The summed E-state index contributed by atoms with van der Waals surface area (Å²) >= 11 is 0. The molecule has 3 N–H and O–H groups in total. The first-order valence-corrected chi connectivity index (χ1v) is 6.81. The number of aromatic nitrogens is 1. The van der Waals surface area contributed by atoms with Gasteiger partial charge in [0.15, 0.2) is 0 Å². The maximum absolute atomic E-state index is 12.6. The third-order valence-corrected chi connectivity index (χ3v) is 3.96. The first-order valence-electron chi connectivity index (χ1n) is 6.81. The summed E-state index contributed by atoms with van der Waals surface area (Å²) in [7, 11) is 0. The zero-order valence-electron chi connectivity index (χ0n) is 11.8. The molecule has 0 radical (unpaired) electrons. The van der Waals surface area contributed by atoms with E-state index in [2.05, 4.69) is 4.98 Å². The number of amides is 1. The fraction of sp³-hybridized carbons (Fsp3) is 0.571. The van der Waals surface area contributed by atoms with Crippen LogP contribution in [-0.4, -0.2) is 51.2 Å². The smallest absolute Gasteiger partial charge is 0.352 e. The Labute approximate surface area is 117 Å². The molecule has 1 atom stereocenters. The molecule has 0 bridgehead atoms. The Hall–Kier alpha value is -1.82. The van der Waals surface area contributed by atoms with Gasteiger partial charge >= 0.3 is 5.97 Å². The molecule has 0 saturated carbocycles. The van der Waals surface area contributed by atoms with Crippen molar-refractivity contribution in [2.45, 2.75) is 39.2 Å². The summed E-state index contributed by atoms with van der Waals surface area (Å²) in [5.41, 5.74) is 1.50. The van der Waals surface area contributed by atoms with E-state index in [0.29, 0.717) is 23.4 Å². The van der Waals surface area contributed by atoms with Crippen LogP contribution in [0.5, 0.6) is 0 Å². The number of hydrogen-bond acceptors (Lipinski definition) is 3. The first-order chi connectivity index (χ1) is 9.47. The lowest BCUT2D eigenvalue weighted by molar-refractivity contribution is 0.0502. The van der Waals surface area contributed by atoms with E-state index in [4.69, 9.17) is 5.11 Å². The number of hydrogen-bond donors (Lipinski definition) is 3. The molecular formula is C14H20N2O4. The van der Waals surface area contributed by atoms with Gasteiger partial charge in [-0.05, 0) is 38.7 Å². The first kappa shape index (κ1) is 14.6. The molecule has 1 amide bonds. The van der Waals surface area contributed by atoms with Crippen molar-refractivity contribution >= 4 is 11.9 Å². The van der Waals surface area contributed by atoms with Crippen LogP contribution in [0.1, 0.15) is 51.4 Å². The van der Waals surface area contributed by atoms with Crippen molar-refractivity contribution < 1.29 is 19.8 Å². The van der Waals surface area contributed by atoms with Crippen molar-refractivity contribution in [1.82, 2.24) is 9.88 Å². The van der Waals surface area contributed by atoms with Gasteiger partial charge in [0.25, 0.3) is 5.91 Å². The number of rotatable bonds is 3. The number of H-pyrrole nitrogens is 1. The van der Waals surface area contributed by atoms with Gasteiger partial charge in [-0.2, -0.15) is 0 Å². The lowest BCUT2D eigenvalue weighted by Gasteiger charge is -2.34. The summed E-state index contributed by atoms with van der Waals surface area (Å²) in [6.45, 7) is 3.89. The predicted octanol–water partition coefficient (Wildman–Crippen LogP) is 1.32. The number of aliphatic hydroxyl groups excluding tert-OH is 1. The molecule has 0 aliphatic carbocycles. The molecule has 2 heterocycles. The second kappa shape index (κ2) is 5.66. The Balaban J connectivity index is 2.35. The maximum Gasteiger partial charge on any atom is 0.352 e. The summed E-state index contributed by atoms with van der Waals surface area (Å²) in [4.78, 5) is 28.2. The monoisotopic (exact) mass is 280 g/mol. The van der Waals surface area contributed by atoms with E-state index in [1.54, 1.807) is 18.7 Å². The quantitative estimate of drug-likeness (QED) is 0.778. The van der Waals surface area contributed by atoms with Crippen LogP contribution in [-0.2, 0) is 0 Å². The number of nitrogens with zero attached hydrogens (tertiary/aromatic N) is 1. The topological polar surface area (TPSA) is 93.6 Å². The Morgan fingerprint density at radius 2 is 2.05 bits per heavy atom. The van der Waals surface area contributed by atoms with Crippen LogP contribution >= 0.6 is 0 Å². The van der Waals surface area contributed by atoms with E-state index in [1.165, 1.54) is 0 Å². The van der Waals surface area contributed by atoms with Gasteiger partial charge in [0.2, 0.25) is 0 Å². The highest BCUT2D eigenvalue weighted by atomic mass is 16.4. The van der Waals surface area contributed by atoms with E-state index in [-0.39, 0.29) is 24.2 Å². The summed E-state index contributed by atoms with van der Waals surface area (Å²) in [6, 6.07) is -0.168. The number of carboxylic acid groups (broad SMARTS) is 1. The van der Waals surface area contributed by atoms with Crippen LogP contribution in [0.25, 0.3) is 0 Å². The summed E-state index contributed by atoms with van der Waals surface area (Å²) in [5, 5.41) is 18.5. The number of aromatic carboxylic acids is 1. The fourth-order valence-corrected chi connectivity index (χ4v) is 2.89. The number of aryl methyl sites for hydroxylation is 1. The predicted molar refractivity (Wildman–Crippen MR) is 73.0 cm³/mol. The highest BCUT2D eigenvalue weighted by molar-refractivity contribution is 6.01. The Morgan fingerprint density at radius 1 is 1.35 bits per heavy atom. The number of likely N-dealkylation sites (tertiary alicyclic amines) is 1. The molecule has 0 aromatic carbocycles. The van der Waals surface area contributed by atoms with Crippen molar-refractivity contribution in [3.05, 3.63) is 22.5 Å². The average molecular weight is 280 g/mol. The number of carboxylic acids is 1. The minimum atomic E-state index is -1.07. The van der Waals surface area contributed by atoms with E-state index in [0.717, 1.165) is 19.3 Å². The fourth-order valence-electron chi connectivity index (χ4n) is 2.89. The SMILES string of the molecule is Cc1[nH]c(C(=O)O)c(C)c1C(=O)N1CCCCC1CO. The third-order valence-electron chi connectivity index (χ3n) is 3.96. The molecule has 110 valence electrons. The van der Waals surface area contributed by atoms with Gasteiger partial charge in [-0.3, -0.25) is 4.79 Å². The van der Waals surface area contributed by atoms with Crippen LogP contribution < -0.4 is 0 Å². The Kier molecular flexibility index (Phi) is 4.13. The van der Waals surface area contributed by atoms with Crippen molar-refractivity contribution in [2.75, 3.05) is 13.2 Å². The number of aromatic amines is 1. The van der Waals surface area contributed by atoms with E-state index in [1.807, 2.05) is 0 Å². The third kappa shape index (κ3) is 2.43. The standard InChI is InChI=1S/C14H20N2O4/c1-8-11(9(2)15-12(8)14(19)20)13(18)16-6-4-3-5-10(16)7-17/h10,15,17H,3-7H2,1-2H3,(H,19,20). The van der Waals surface area contributed by atoms with Gasteiger partial charge < -0.3 is 20.1 Å². The minimum absolute atomic E-state index is 0.0555. The molecule has 6 nitrogen and oxygen atoms in total. The molecule has 0 spiro atoms. The van der Waals surface area contributed by atoms with Crippen LogP contribution in [0.3, 0.4) is 0 Å². The van der Waals surface area contributed by atoms with Crippen molar-refractivity contribution in [1.29, 1.82) is 0 Å². The lowest BCUT2D eigenvalue weighted by atomic mass is 10.00. The Morgan fingerprint density at radius 3 is 2.60 bits per heavy atom. The van der Waals surface area contributed by atoms with E-state index in [9.17, 15) is 14.7 Å². The van der Waals surface area contributed by atoms with Crippen LogP contribution in [0.4, 0.5) is 0 Å². The Bertz CT molecular complexity index is 536. The molecule has 20 heavy (non-hydrogen) atoms. The molecule has 6 heteroatoms. The van der Waals surface area contributed by atoms with Gasteiger partial charge in [-0.25, -0.2) is 4.79 Å². The molecule has 1 fully saturated rings. The van der Waals surface area contributed by atoms with E-state index < -0.39 is 5.97 Å². The zero-order valence-corrected chi connectivity index (χ0v) is 11.8.